The molecule has 1 amide bonds. The second-order valence-corrected chi connectivity index (χ2v) is 8.94. The Kier molecular flexibility index (Phi) is 7.63. The van der Waals surface area contributed by atoms with Gasteiger partial charge in [-0.25, -0.2) is 18.2 Å². The molecule has 3 heterocycles. The molecule has 33 heavy (non-hydrogen) atoms. The van der Waals surface area contributed by atoms with Gasteiger partial charge in [-0.05, 0) is 26.1 Å². The maximum absolute atomic E-state index is 13.8. The molecule has 0 unspecified atom stereocenters. The molecule has 1 N–H and O–H groups in total. The highest BCUT2D eigenvalue weighted by molar-refractivity contribution is 7.18. The van der Waals surface area contributed by atoms with Gasteiger partial charge in [0.15, 0.2) is 5.82 Å². The van der Waals surface area contributed by atoms with Crippen LogP contribution in [0.2, 0.25) is 4.34 Å². The Hall–Kier alpha value is -3.07. The van der Waals surface area contributed by atoms with E-state index in [1.54, 1.807) is 6.20 Å². The van der Waals surface area contributed by atoms with Crippen molar-refractivity contribution in [1.29, 1.82) is 0 Å². The van der Waals surface area contributed by atoms with Crippen LogP contribution in [-0.4, -0.2) is 45.4 Å². The minimum absolute atomic E-state index is 0.141. The van der Waals surface area contributed by atoms with Crippen molar-refractivity contribution in [2.75, 3.05) is 19.4 Å². The van der Waals surface area contributed by atoms with Gasteiger partial charge in [0.25, 0.3) is 17.9 Å². The number of hydrogen-bond donors (Lipinski definition) is 1. The van der Waals surface area contributed by atoms with E-state index in [4.69, 9.17) is 11.6 Å². The number of halogens is 4. The number of anilines is 1. The van der Waals surface area contributed by atoms with Crippen molar-refractivity contribution in [2.24, 2.45) is 7.05 Å². The first-order valence-corrected chi connectivity index (χ1v) is 10.7. The molecule has 3 aromatic rings. The number of imidazole rings is 1. The third-order valence-corrected chi connectivity index (χ3v) is 5.77. The van der Waals surface area contributed by atoms with Crippen molar-refractivity contribution in [3.63, 3.8) is 0 Å². The minimum Gasteiger partial charge on any atom is -0.324 e. The number of carbonyl (C=O) groups is 1. The fraction of sp³-hybridized carbons (Fsp3) is 0.286. The van der Waals surface area contributed by atoms with E-state index in [9.17, 15) is 22.8 Å². The van der Waals surface area contributed by atoms with Gasteiger partial charge >= 0.3 is 0 Å². The Balaban J connectivity index is 1.80. The Morgan fingerprint density at radius 3 is 2.73 bits per heavy atom. The summed E-state index contributed by atoms with van der Waals surface area (Å²) < 4.78 is 41.7. The van der Waals surface area contributed by atoms with Gasteiger partial charge in [-0.1, -0.05) is 17.5 Å². The van der Waals surface area contributed by atoms with Crippen molar-refractivity contribution >= 4 is 34.5 Å². The van der Waals surface area contributed by atoms with E-state index in [1.807, 2.05) is 30.6 Å². The molecule has 0 aliphatic rings. The van der Waals surface area contributed by atoms with E-state index in [-0.39, 0.29) is 14.9 Å². The maximum atomic E-state index is 13.8. The molecule has 0 bridgehead atoms. The topological polar surface area (TPSA) is 72.2 Å². The summed E-state index contributed by atoms with van der Waals surface area (Å²) in [7, 11) is 5.70. The number of hydrogen-bond acceptors (Lipinski definition) is 5. The van der Waals surface area contributed by atoms with E-state index in [1.165, 1.54) is 6.07 Å². The monoisotopic (exact) mass is 497 g/mol. The molecule has 174 valence electrons. The molecular formula is C21H19ClF3N5O2S. The summed E-state index contributed by atoms with van der Waals surface area (Å²) >= 11 is 7.18. The highest BCUT2D eigenvalue weighted by Gasteiger charge is 2.16. The summed E-state index contributed by atoms with van der Waals surface area (Å²) in [5.74, 6) is 4.81. The predicted molar refractivity (Wildman–Crippen MR) is 121 cm³/mol. The molecule has 0 aliphatic heterocycles. The third-order valence-electron chi connectivity index (χ3n) is 4.41. The lowest BCUT2D eigenvalue weighted by Gasteiger charge is -2.09. The van der Waals surface area contributed by atoms with Gasteiger partial charge in [0.2, 0.25) is 0 Å². The van der Waals surface area contributed by atoms with Crippen molar-refractivity contribution in [2.45, 2.75) is 19.5 Å². The highest BCUT2D eigenvalue weighted by Crippen LogP contribution is 2.28. The summed E-state index contributed by atoms with van der Waals surface area (Å²) in [6, 6.07) is 2.24. The summed E-state index contributed by atoms with van der Waals surface area (Å²) in [5.41, 5.74) is -0.264. The molecule has 0 radical (unpaired) electrons. The number of nitrogens with zero attached hydrogens (tertiary/aromatic N) is 4. The molecule has 0 fully saturated rings. The quantitative estimate of drug-likeness (QED) is 0.530. The van der Waals surface area contributed by atoms with Crippen LogP contribution in [0.5, 0.6) is 0 Å². The zero-order valence-corrected chi connectivity index (χ0v) is 19.4. The minimum atomic E-state index is -2.86. The van der Waals surface area contributed by atoms with E-state index in [2.05, 4.69) is 22.1 Å². The van der Waals surface area contributed by atoms with E-state index in [0.717, 1.165) is 29.4 Å². The zero-order chi connectivity index (χ0) is 24.3. The number of carbonyl (C=O) groups excluding carboxylic acids is 1. The lowest BCUT2D eigenvalue weighted by molar-refractivity contribution is 0.103. The molecule has 0 saturated heterocycles. The summed E-state index contributed by atoms with van der Waals surface area (Å²) in [6.07, 6.45) is -0.259. The number of aromatic nitrogens is 3. The zero-order valence-electron chi connectivity index (χ0n) is 17.8. The van der Waals surface area contributed by atoms with Crippen LogP contribution < -0.4 is 10.9 Å². The van der Waals surface area contributed by atoms with E-state index >= 15 is 0 Å². The smallest absolute Gasteiger partial charge is 0.286 e. The summed E-state index contributed by atoms with van der Waals surface area (Å²) in [5, 5.41) is 2.39. The SMILES string of the molecule is CN(C)Cc1ncc(C#Cc2cc(C(=O)Nc3cc(F)c(=O)n(CC(F)F)c3)sc2Cl)n1C. The van der Waals surface area contributed by atoms with Gasteiger partial charge in [-0.2, -0.15) is 0 Å². The van der Waals surface area contributed by atoms with Crippen molar-refractivity contribution in [3.05, 3.63) is 67.0 Å². The number of alkyl halides is 2. The average molecular weight is 498 g/mol. The Bertz CT molecular complexity index is 1300. The molecule has 12 heteroatoms. The summed E-state index contributed by atoms with van der Waals surface area (Å²) in [4.78, 5) is 30.7. The maximum Gasteiger partial charge on any atom is 0.286 e. The fourth-order valence-corrected chi connectivity index (χ4v) is 3.92. The molecule has 0 saturated carbocycles. The molecule has 0 atom stereocenters. The largest absolute Gasteiger partial charge is 0.324 e. The van der Waals surface area contributed by atoms with Gasteiger partial charge in [-0.15, -0.1) is 11.3 Å². The Labute approximate surface area is 196 Å². The van der Waals surface area contributed by atoms with Crippen LogP contribution in [0.25, 0.3) is 0 Å². The van der Waals surface area contributed by atoms with Gasteiger partial charge in [-0.3, -0.25) is 9.59 Å². The molecular weight excluding hydrogens is 479 g/mol. The standard InChI is InChI=1S/C21H19ClF3N5O2S/c1-28(2)11-18-26-8-14(29(18)3)5-4-12-6-16(33-19(12)22)20(31)27-13-7-15(23)21(32)30(9-13)10-17(24)25/h6-9,17H,10-11H2,1-3H3,(H,27,31). The van der Waals surface area contributed by atoms with Crippen LogP contribution in [0.15, 0.2) is 29.3 Å². The van der Waals surface area contributed by atoms with E-state index in [0.29, 0.717) is 22.4 Å². The molecule has 3 aromatic heterocycles. The number of rotatable bonds is 6. The first-order chi connectivity index (χ1) is 15.5. The Morgan fingerprint density at radius 2 is 2.06 bits per heavy atom. The van der Waals surface area contributed by atoms with Crippen molar-refractivity contribution in [1.82, 2.24) is 19.0 Å². The normalized spacial score (nSPS) is 11.1. The van der Waals surface area contributed by atoms with Crippen LogP contribution in [0.4, 0.5) is 18.9 Å². The number of nitrogens with one attached hydrogen (secondary N) is 1. The molecule has 3 rings (SSSR count). The lowest BCUT2D eigenvalue weighted by atomic mass is 10.3. The fourth-order valence-electron chi connectivity index (χ4n) is 2.84. The van der Waals surface area contributed by atoms with Gasteiger partial charge in [0.05, 0.1) is 35.4 Å². The lowest BCUT2D eigenvalue weighted by Crippen LogP contribution is -2.26. The highest BCUT2D eigenvalue weighted by atomic mass is 35.5. The van der Waals surface area contributed by atoms with Crippen LogP contribution in [0.1, 0.15) is 26.8 Å². The Morgan fingerprint density at radius 1 is 1.33 bits per heavy atom. The van der Waals surface area contributed by atoms with Gasteiger partial charge in [0.1, 0.15) is 15.9 Å². The average Bonchev–Trinajstić information content (AvgIpc) is 3.26. The molecule has 0 aromatic carbocycles. The third kappa shape index (κ3) is 6.04. The molecule has 0 aliphatic carbocycles. The predicted octanol–water partition coefficient (Wildman–Crippen LogP) is 3.41. The number of pyridine rings is 1. The van der Waals surface area contributed by atoms with Crippen LogP contribution in [0, 0.1) is 17.7 Å². The van der Waals surface area contributed by atoms with Gasteiger partial charge < -0.3 is 19.4 Å². The molecule has 0 spiro atoms. The first-order valence-electron chi connectivity index (χ1n) is 9.51. The number of amides is 1. The summed E-state index contributed by atoms with van der Waals surface area (Å²) in [6.45, 7) is -0.346. The first kappa shape index (κ1) is 24.6. The van der Waals surface area contributed by atoms with E-state index < -0.39 is 30.3 Å². The van der Waals surface area contributed by atoms with Crippen molar-refractivity contribution < 1.29 is 18.0 Å². The van der Waals surface area contributed by atoms with Crippen LogP contribution in [-0.2, 0) is 20.1 Å². The molecule has 7 nitrogen and oxygen atoms in total. The second kappa shape index (κ2) is 10.2. The van der Waals surface area contributed by atoms with Crippen LogP contribution >= 0.6 is 22.9 Å². The van der Waals surface area contributed by atoms with Gasteiger partial charge in [0, 0.05) is 19.3 Å². The number of thiophene rings is 1. The van der Waals surface area contributed by atoms with Crippen LogP contribution in [0.3, 0.4) is 0 Å². The van der Waals surface area contributed by atoms with Crippen molar-refractivity contribution in [3.8, 4) is 11.8 Å². The second-order valence-electron chi connectivity index (χ2n) is 7.28.